The van der Waals surface area contributed by atoms with Gasteiger partial charge in [-0.2, -0.15) is 0 Å². The summed E-state index contributed by atoms with van der Waals surface area (Å²) in [5, 5.41) is 2.96. The highest BCUT2D eigenvalue weighted by Gasteiger charge is 2.49. The number of ether oxygens (including phenoxy) is 1. The second-order valence-electron chi connectivity index (χ2n) is 8.05. The summed E-state index contributed by atoms with van der Waals surface area (Å²) in [6.07, 6.45) is 4.12. The van der Waals surface area contributed by atoms with Crippen molar-refractivity contribution in [3.63, 3.8) is 0 Å². The van der Waals surface area contributed by atoms with Crippen LogP contribution in [-0.2, 0) is 4.74 Å². The number of para-hydroxylation sites is 1. The van der Waals surface area contributed by atoms with E-state index in [4.69, 9.17) is 4.74 Å². The fourth-order valence-electron chi connectivity index (χ4n) is 4.68. The normalized spacial score (nSPS) is 25.3. The third kappa shape index (κ3) is 4.04. The van der Waals surface area contributed by atoms with Crippen molar-refractivity contribution in [1.29, 1.82) is 0 Å². The van der Waals surface area contributed by atoms with Crippen LogP contribution in [0.4, 0.5) is 10.5 Å². The van der Waals surface area contributed by atoms with E-state index in [9.17, 15) is 4.79 Å². The van der Waals surface area contributed by atoms with Crippen LogP contribution in [-0.4, -0.2) is 42.9 Å². The van der Waals surface area contributed by atoms with Gasteiger partial charge in [0.1, 0.15) is 6.10 Å². The van der Waals surface area contributed by atoms with Gasteiger partial charge in [-0.1, -0.05) is 48.5 Å². The lowest BCUT2D eigenvalue weighted by atomic mass is 9.98. The fraction of sp³-hybridized carbons (Fsp3) is 0.409. The summed E-state index contributed by atoms with van der Waals surface area (Å²) in [7, 11) is 4.63. The van der Waals surface area contributed by atoms with Gasteiger partial charge in [0, 0.05) is 31.2 Å². The maximum absolute atomic E-state index is 12.5. The lowest BCUT2D eigenvalue weighted by molar-refractivity contribution is -0.931. The van der Waals surface area contributed by atoms with Gasteiger partial charge in [0.15, 0.2) is 0 Å². The summed E-state index contributed by atoms with van der Waals surface area (Å²) >= 11 is 0. The van der Waals surface area contributed by atoms with Crippen LogP contribution in [0.5, 0.6) is 0 Å². The quantitative estimate of drug-likeness (QED) is 0.752. The van der Waals surface area contributed by atoms with Crippen LogP contribution in [0.2, 0.25) is 0 Å². The van der Waals surface area contributed by atoms with Crippen LogP contribution in [0.15, 0.2) is 54.6 Å². The van der Waals surface area contributed by atoms with Gasteiger partial charge in [0.2, 0.25) is 0 Å². The maximum Gasteiger partial charge on any atom is 0.411 e. The Hall–Kier alpha value is -1.85. The van der Waals surface area contributed by atoms with Gasteiger partial charge >= 0.3 is 6.09 Å². The number of anilines is 1. The van der Waals surface area contributed by atoms with Crippen LogP contribution in [0.25, 0.3) is 11.1 Å². The molecule has 1 unspecified atom stereocenters. The van der Waals surface area contributed by atoms with E-state index in [0.29, 0.717) is 12.1 Å². The predicted octanol–water partition coefficient (Wildman–Crippen LogP) is 1.68. The SMILES string of the molecule is C[N+]1(C)[C@@H]2CC[C@H]1CC(OC(=O)Nc1ccccc1-c1ccccc1)C2.[Br-]. The summed E-state index contributed by atoms with van der Waals surface area (Å²) in [6.45, 7) is 0. The van der Waals surface area contributed by atoms with Gasteiger partial charge in [0.25, 0.3) is 0 Å². The average Bonchev–Trinajstić information content (AvgIpc) is 2.80. The van der Waals surface area contributed by atoms with Gasteiger partial charge < -0.3 is 26.2 Å². The Labute approximate surface area is 171 Å². The van der Waals surface area contributed by atoms with E-state index in [-0.39, 0.29) is 29.2 Å². The molecule has 0 aromatic heterocycles. The Kier molecular flexibility index (Phi) is 5.92. The number of halogens is 1. The first-order valence-corrected chi connectivity index (χ1v) is 9.49. The smallest absolute Gasteiger partial charge is 0.411 e. The molecule has 2 aromatic rings. The molecule has 27 heavy (non-hydrogen) atoms. The molecule has 5 heteroatoms. The minimum atomic E-state index is -0.343. The zero-order chi connectivity index (χ0) is 18.1. The minimum Gasteiger partial charge on any atom is -1.00 e. The van der Waals surface area contributed by atoms with Gasteiger partial charge in [-0.15, -0.1) is 0 Å². The molecule has 2 aliphatic heterocycles. The lowest BCUT2D eigenvalue weighted by Crippen LogP contribution is -3.00. The number of quaternary nitrogens is 1. The summed E-state index contributed by atoms with van der Waals surface area (Å²) in [5.74, 6) is 0. The van der Waals surface area contributed by atoms with Crippen LogP contribution < -0.4 is 22.3 Å². The first-order chi connectivity index (χ1) is 12.5. The fourth-order valence-corrected chi connectivity index (χ4v) is 4.68. The molecule has 2 fully saturated rings. The number of carbonyl (C=O) groups is 1. The standard InChI is InChI=1S/C22H26N2O2.BrH/c1-24(2)17-12-13-18(24)15-19(14-17)26-22(25)23-21-11-7-6-10-20(21)16-8-4-3-5-9-16;/h3-11,17-19H,12-15H2,1-2H3;1H/t17-,18+,19?;. The summed E-state index contributed by atoms with van der Waals surface area (Å²) in [6, 6.07) is 19.2. The van der Waals surface area contributed by atoms with Crippen molar-refractivity contribution in [1.82, 2.24) is 0 Å². The molecule has 4 rings (SSSR count). The van der Waals surface area contributed by atoms with Gasteiger partial charge in [0.05, 0.1) is 31.9 Å². The Morgan fingerprint density at radius 1 is 0.963 bits per heavy atom. The number of benzene rings is 2. The second kappa shape index (κ2) is 8.03. The van der Waals surface area contributed by atoms with Crippen LogP contribution >= 0.6 is 0 Å². The molecule has 2 aromatic carbocycles. The Morgan fingerprint density at radius 2 is 1.56 bits per heavy atom. The molecule has 0 spiro atoms. The highest BCUT2D eigenvalue weighted by molar-refractivity contribution is 5.91. The molecule has 2 saturated heterocycles. The predicted molar refractivity (Wildman–Crippen MR) is 104 cm³/mol. The second-order valence-corrected chi connectivity index (χ2v) is 8.05. The molecule has 2 heterocycles. The highest BCUT2D eigenvalue weighted by atomic mass is 79.9. The summed E-state index contributed by atoms with van der Waals surface area (Å²) in [4.78, 5) is 12.5. The van der Waals surface area contributed by atoms with Crippen LogP contribution in [0.3, 0.4) is 0 Å². The monoisotopic (exact) mass is 430 g/mol. The van der Waals surface area contributed by atoms with Crippen molar-refractivity contribution in [2.24, 2.45) is 0 Å². The van der Waals surface area contributed by atoms with Crippen molar-refractivity contribution in [3.8, 4) is 11.1 Å². The molecule has 3 atom stereocenters. The number of rotatable bonds is 3. The molecule has 1 N–H and O–H groups in total. The van der Waals surface area contributed by atoms with E-state index in [2.05, 4.69) is 19.4 Å². The third-order valence-electron chi connectivity index (χ3n) is 6.31. The van der Waals surface area contributed by atoms with E-state index < -0.39 is 0 Å². The third-order valence-corrected chi connectivity index (χ3v) is 6.31. The number of nitrogens with zero attached hydrogens (tertiary/aromatic N) is 1. The number of nitrogens with one attached hydrogen (secondary N) is 1. The summed E-state index contributed by atoms with van der Waals surface area (Å²) < 4.78 is 6.88. The molecule has 2 bridgehead atoms. The van der Waals surface area contributed by atoms with Crippen molar-refractivity contribution < 1.29 is 31.0 Å². The van der Waals surface area contributed by atoms with E-state index in [0.717, 1.165) is 34.1 Å². The van der Waals surface area contributed by atoms with Gasteiger partial charge in [-0.25, -0.2) is 4.79 Å². The van der Waals surface area contributed by atoms with E-state index in [1.54, 1.807) is 0 Å². The van der Waals surface area contributed by atoms with Crippen molar-refractivity contribution in [3.05, 3.63) is 54.6 Å². The molecule has 144 valence electrons. The highest BCUT2D eigenvalue weighted by Crippen LogP contribution is 2.40. The molecule has 0 aliphatic carbocycles. The van der Waals surface area contributed by atoms with Crippen LogP contribution in [0, 0.1) is 0 Å². The number of carbonyl (C=O) groups excluding carboxylic acids is 1. The number of piperidine rings is 1. The van der Waals surface area contributed by atoms with E-state index >= 15 is 0 Å². The zero-order valence-electron chi connectivity index (χ0n) is 15.9. The van der Waals surface area contributed by atoms with Gasteiger partial charge in [-0.3, -0.25) is 5.32 Å². The number of fused-ring (bicyclic) bond motifs is 2. The Balaban J connectivity index is 0.00000210. The van der Waals surface area contributed by atoms with Crippen molar-refractivity contribution in [2.75, 3.05) is 19.4 Å². The van der Waals surface area contributed by atoms with E-state index in [1.807, 2.05) is 54.6 Å². The number of hydrogen-bond acceptors (Lipinski definition) is 2. The number of hydrogen-bond donors (Lipinski definition) is 1. The zero-order valence-corrected chi connectivity index (χ0v) is 17.5. The first-order valence-electron chi connectivity index (χ1n) is 9.49. The van der Waals surface area contributed by atoms with Crippen molar-refractivity contribution in [2.45, 2.75) is 43.9 Å². The Morgan fingerprint density at radius 3 is 2.22 bits per heavy atom. The lowest BCUT2D eigenvalue weighted by Gasteiger charge is -2.43. The van der Waals surface area contributed by atoms with Crippen molar-refractivity contribution >= 4 is 11.8 Å². The molecular formula is C22H27BrN2O2. The minimum absolute atomic E-state index is 0. The first kappa shape index (κ1) is 19.9. The number of amides is 1. The van der Waals surface area contributed by atoms with Gasteiger partial charge in [-0.05, 0) is 11.6 Å². The Bertz CT molecular complexity index is 778. The summed E-state index contributed by atoms with van der Waals surface area (Å²) in [5.41, 5.74) is 2.88. The maximum atomic E-state index is 12.5. The molecular weight excluding hydrogens is 404 g/mol. The molecule has 2 aliphatic rings. The van der Waals surface area contributed by atoms with E-state index in [1.165, 1.54) is 12.8 Å². The molecule has 0 radical (unpaired) electrons. The molecule has 4 nitrogen and oxygen atoms in total. The van der Waals surface area contributed by atoms with Crippen LogP contribution in [0.1, 0.15) is 25.7 Å². The topological polar surface area (TPSA) is 38.3 Å². The largest absolute Gasteiger partial charge is 1.00 e. The molecule has 1 amide bonds. The average molecular weight is 431 g/mol. The molecule has 0 saturated carbocycles.